The molecule has 0 fully saturated rings. The Hall–Kier alpha value is -2.38. The van der Waals surface area contributed by atoms with Gasteiger partial charge in [-0.05, 0) is 71.0 Å². The van der Waals surface area contributed by atoms with E-state index < -0.39 is 0 Å². The molecule has 3 aromatic rings. The van der Waals surface area contributed by atoms with Crippen LogP contribution in [0.25, 0.3) is 0 Å². The maximum absolute atomic E-state index is 5.73. The predicted molar refractivity (Wildman–Crippen MR) is 124 cm³/mol. The van der Waals surface area contributed by atoms with Crippen molar-refractivity contribution in [2.75, 3.05) is 7.11 Å². The Morgan fingerprint density at radius 2 is 1.10 bits per heavy atom. The summed E-state index contributed by atoms with van der Waals surface area (Å²) in [5.74, 6) is 0. The second kappa shape index (κ2) is 10.4. The van der Waals surface area contributed by atoms with E-state index in [1.54, 1.807) is 0 Å². The van der Waals surface area contributed by atoms with Crippen LogP contribution in [0.1, 0.15) is 72.2 Å². The van der Waals surface area contributed by atoms with E-state index in [1.165, 1.54) is 38.9 Å². The normalized spacial score (nSPS) is 12.1. The predicted octanol–water partition coefficient (Wildman–Crippen LogP) is 7.09. The summed E-state index contributed by atoms with van der Waals surface area (Å²) in [5.41, 5.74) is 9.88. The van der Waals surface area contributed by atoms with Gasteiger partial charge in [-0.1, -0.05) is 87.5 Å². The van der Waals surface area contributed by atoms with Gasteiger partial charge in [0, 0.05) is 7.11 Å². The molecule has 152 valence electrons. The molecule has 0 saturated carbocycles. The van der Waals surface area contributed by atoms with E-state index >= 15 is 0 Å². The lowest BCUT2D eigenvalue weighted by molar-refractivity contribution is 0.1000. The summed E-state index contributed by atoms with van der Waals surface area (Å²) in [7, 11) is 1.81. The number of ether oxygens (including phenoxy) is 1. The summed E-state index contributed by atoms with van der Waals surface area (Å²) in [5, 5.41) is 0. The van der Waals surface area contributed by atoms with Crippen molar-refractivity contribution in [3.8, 4) is 0 Å². The van der Waals surface area contributed by atoms with Crippen LogP contribution in [-0.2, 0) is 30.4 Å². The molecule has 0 radical (unpaired) electrons. The molecular formula is C28H34O. The zero-order valence-electron chi connectivity index (χ0n) is 18.4. The SMILES string of the molecule is CCc1ccccc1Cc1ccc(C(CC)OC)cc1Cc1ccccc1CC. The zero-order valence-corrected chi connectivity index (χ0v) is 18.4. The smallest absolute Gasteiger partial charge is 0.0818 e. The molecule has 0 aliphatic heterocycles. The van der Waals surface area contributed by atoms with Crippen LogP contribution in [-0.4, -0.2) is 7.11 Å². The van der Waals surface area contributed by atoms with Crippen LogP contribution in [0.3, 0.4) is 0 Å². The molecule has 1 heteroatoms. The van der Waals surface area contributed by atoms with Gasteiger partial charge in [-0.2, -0.15) is 0 Å². The molecule has 1 atom stereocenters. The molecule has 0 heterocycles. The molecule has 3 aromatic carbocycles. The first-order valence-electron chi connectivity index (χ1n) is 11.0. The lowest BCUT2D eigenvalue weighted by Gasteiger charge is -2.19. The van der Waals surface area contributed by atoms with Crippen molar-refractivity contribution in [1.82, 2.24) is 0 Å². The van der Waals surface area contributed by atoms with Gasteiger partial charge >= 0.3 is 0 Å². The lowest BCUT2D eigenvalue weighted by atomic mass is 9.89. The fraction of sp³-hybridized carbons (Fsp3) is 0.357. The van der Waals surface area contributed by atoms with Gasteiger partial charge in [0.25, 0.3) is 0 Å². The van der Waals surface area contributed by atoms with Gasteiger partial charge in [0.05, 0.1) is 6.10 Å². The first-order chi connectivity index (χ1) is 14.2. The van der Waals surface area contributed by atoms with E-state index in [4.69, 9.17) is 4.74 Å². The molecule has 0 aromatic heterocycles. The first-order valence-corrected chi connectivity index (χ1v) is 11.0. The Balaban J connectivity index is 2.02. The summed E-state index contributed by atoms with van der Waals surface area (Å²) in [6.45, 7) is 6.67. The average molecular weight is 387 g/mol. The fourth-order valence-corrected chi connectivity index (χ4v) is 4.28. The molecule has 0 spiro atoms. The topological polar surface area (TPSA) is 9.23 Å². The number of hydrogen-bond acceptors (Lipinski definition) is 1. The first kappa shape index (κ1) is 21.3. The molecule has 29 heavy (non-hydrogen) atoms. The van der Waals surface area contributed by atoms with Crippen molar-refractivity contribution in [3.63, 3.8) is 0 Å². The van der Waals surface area contributed by atoms with Crippen molar-refractivity contribution in [1.29, 1.82) is 0 Å². The Bertz CT molecular complexity index is 921. The molecule has 3 rings (SSSR count). The van der Waals surface area contributed by atoms with Gasteiger partial charge in [-0.15, -0.1) is 0 Å². The molecule has 0 aliphatic rings. The maximum Gasteiger partial charge on any atom is 0.0818 e. The Morgan fingerprint density at radius 1 is 0.621 bits per heavy atom. The van der Waals surface area contributed by atoms with E-state index in [1.807, 2.05) is 7.11 Å². The van der Waals surface area contributed by atoms with Gasteiger partial charge < -0.3 is 4.74 Å². The molecule has 0 N–H and O–H groups in total. The Kier molecular flexibility index (Phi) is 7.66. The van der Waals surface area contributed by atoms with Crippen molar-refractivity contribution < 1.29 is 4.74 Å². The van der Waals surface area contributed by atoms with E-state index in [0.29, 0.717) is 0 Å². The summed E-state index contributed by atoms with van der Waals surface area (Å²) in [6.07, 6.45) is 5.24. The second-order valence-corrected chi connectivity index (χ2v) is 7.76. The minimum atomic E-state index is 0.159. The molecule has 0 aliphatic carbocycles. The molecule has 1 nitrogen and oxygen atoms in total. The molecule has 1 unspecified atom stereocenters. The van der Waals surface area contributed by atoms with Crippen LogP contribution in [0, 0.1) is 0 Å². The summed E-state index contributed by atoms with van der Waals surface area (Å²) in [6, 6.07) is 24.7. The summed E-state index contributed by atoms with van der Waals surface area (Å²) < 4.78 is 5.73. The number of methoxy groups -OCH3 is 1. The van der Waals surface area contributed by atoms with Gasteiger partial charge in [0.2, 0.25) is 0 Å². The van der Waals surface area contributed by atoms with Crippen LogP contribution in [0.5, 0.6) is 0 Å². The van der Waals surface area contributed by atoms with Crippen LogP contribution >= 0.6 is 0 Å². The highest BCUT2D eigenvalue weighted by atomic mass is 16.5. The highest BCUT2D eigenvalue weighted by Gasteiger charge is 2.14. The van der Waals surface area contributed by atoms with E-state index in [0.717, 1.165) is 32.1 Å². The molecule has 0 amide bonds. The van der Waals surface area contributed by atoms with Crippen molar-refractivity contribution in [3.05, 3.63) is 106 Å². The van der Waals surface area contributed by atoms with E-state index in [-0.39, 0.29) is 6.10 Å². The number of hydrogen-bond donors (Lipinski definition) is 0. The quantitative estimate of drug-likeness (QED) is 0.381. The fourth-order valence-electron chi connectivity index (χ4n) is 4.28. The monoisotopic (exact) mass is 386 g/mol. The Labute approximate surface area is 176 Å². The highest BCUT2D eigenvalue weighted by molar-refractivity contribution is 5.43. The largest absolute Gasteiger partial charge is 0.377 e. The number of aryl methyl sites for hydroxylation is 2. The van der Waals surface area contributed by atoms with Gasteiger partial charge in [-0.3, -0.25) is 0 Å². The minimum absolute atomic E-state index is 0.159. The third-order valence-electron chi connectivity index (χ3n) is 6.02. The van der Waals surface area contributed by atoms with Crippen LogP contribution in [0.15, 0.2) is 66.7 Å². The van der Waals surface area contributed by atoms with E-state index in [2.05, 4.69) is 87.5 Å². The number of benzene rings is 3. The zero-order chi connectivity index (χ0) is 20.6. The van der Waals surface area contributed by atoms with Gasteiger partial charge in [0.15, 0.2) is 0 Å². The van der Waals surface area contributed by atoms with Crippen LogP contribution < -0.4 is 0 Å². The standard InChI is InChI=1S/C28H34O/c1-5-21-12-8-10-14-23(21)18-25-16-17-26(28(7-3)29-4)20-27(25)19-24-15-11-9-13-22(24)6-2/h8-17,20,28H,5-7,18-19H2,1-4H3. The second-order valence-electron chi connectivity index (χ2n) is 7.76. The number of rotatable bonds is 9. The molecule has 0 bridgehead atoms. The summed E-state index contributed by atoms with van der Waals surface area (Å²) in [4.78, 5) is 0. The van der Waals surface area contributed by atoms with Gasteiger partial charge in [-0.25, -0.2) is 0 Å². The molecule has 0 saturated heterocycles. The summed E-state index contributed by atoms with van der Waals surface area (Å²) >= 11 is 0. The highest BCUT2D eigenvalue weighted by Crippen LogP contribution is 2.27. The Morgan fingerprint density at radius 3 is 1.59 bits per heavy atom. The lowest BCUT2D eigenvalue weighted by Crippen LogP contribution is -2.05. The molecular weight excluding hydrogens is 352 g/mol. The van der Waals surface area contributed by atoms with Gasteiger partial charge in [0.1, 0.15) is 0 Å². The van der Waals surface area contributed by atoms with Crippen molar-refractivity contribution in [2.24, 2.45) is 0 Å². The van der Waals surface area contributed by atoms with E-state index in [9.17, 15) is 0 Å². The minimum Gasteiger partial charge on any atom is -0.377 e. The van der Waals surface area contributed by atoms with Crippen LogP contribution in [0.2, 0.25) is 0 Å². The van der Waals surface area contributed by atoms with Crippen molar-refractivity contribution in [2.45, 2.75) is 59.0 Å². The maximum atomic E-state index is 5.73. The van der Waals surface area contributed by atoms with Crippen LogP contribution in [0.4, 0.5) is 0 Å². The third kappa shape index (κ3) is 5.16. The van der Waals surface area contributed by atoms with Crippen molar-refractivity contribution >= 4 is 0 Å². The third-order valence-corrected chi connectivity index (χ3v) is 6.02. The average Bonchev–Trinajstić information content (AvgIpc) is 2.77.